The van der Waals surface area contributed by atoms with E-state index in [1.54, 1.807) is 0 Å². The fourth-order valence-electron chi connectivity index (χ4n) is 3.89. The van der Waals surface area contributed by atoms with Gasteiger partial charge in [0, 0.05) is 25.8 Å². The van der Waals surface area contributed by atoms with Crippen LogP contribution in [0.1, 0.15) is 65.5 Å². The maximum absolute atomic E-state index is 2.50. The second-order valence-corrected chi connectivity index (χ2v) is 6.30. The third-order valence-corrected chi connectivity index (χ3v) is 5.69. The van der Waals surface area contributed by atoms with Crippen molar-refractivity contribution in [2.75, 3.05) is 0 Å². The van der Waals surface area contributed by atoms with Gasteiger partial charge in [-0.25, -0.2) is 0 Å². The minimum Gasteiger partial charge on any atom is -0.197 e. The van der Waals surface area contributed by atoms with Gasteiger partial charge in [-0.3, -0.25) is 0 Å². The Hall–Kier alpha value is -1.37. The van der Waals surface area contributed by atoms with Crippen LogP contribution in [0.5, 0.6) is 0 Å². The third-order valence-electron chi connectivity index (χ3n) is 5.69. The van der Waals surface area contributed by atoms with Crippen molar-refractivity contribution in [1.82, 2.24) is 0 Å². The Morgan fingerprint density at radius 2 is 1.75 bits per heavy atom. The van der Waals surface area contributed by atoms with Crippen molar-refractivity contribution in [3.8, 4) is 0 Å². The zero-order valence-electron chi connectivity index (χ0n) is 13.8. The molecule has 1 nitrogen and oxygen atoms in total. The first-order valence-electron chi connectivity index (χ1n) is 7.81. The molecule has 1 heteroatoms. The summed E-state index contributed by atoms with van der Waals surface area (Å²) in [6.07, 6.45) is 6.69. The van der Waals surface area contributed by atoms with E-state index in [9.17, 15) is 0 Å². The lowest BCUT2D eigenvalue weighted by molar-refractivity contribution is -0.563. The van der Waals surface area contributed by atoms with Crippen molar-refractivity contribution in [3.05, 3.63) is 47.7 Å². The Bertz CT molecular complexity index is 567. The van der Waals surface area contributed by atoms with Crippen LogP contribution >= 0.6 is 0 Å². The summed E-state index contributed by atoms with van der Waals surface area (Å²) in [7, 11) is 0. The molecule has 1 aliphatic heterocycles. The lowest BCUT2D eigenvalue weighted by Gasteiger charge is -2.46. The smallest absolute Gasteiger partial charge is 0.186 e. The summed E-state index contributed by atoms with van der Waals surface area (Å²) in [4.78, 5) is 0. The molecule has 0 saturated heterocycles. The predicted molar refractivity (Wildman–Crippen MR) is 87.6 cm³/mol. The van der Waals surface area contributed by atoms with E-state index in [2.05, 4.69) is 82.7 Å². The van der Waals surface area contributed by atoms with Crippen LogP contribution in [0, 0.1) is 0 Å². The highest BCUT2D eigenvalue weighted by atomic mass is 15.1. The molecule has 1 heterocycles. The van der Waals surface area contributed by atoms with Gasteiger partial charge < -0.3 is 0 Å². The fourth-order valence-corrected chi connectivity index (χ4v) is 3.89. The monoisotopic (exact) mass is 270 g/mol. The molecule has 0 aromatic heterocycles. The molecule has 2 unspecified atom stereocenters. The van der Waals surface area contributed by atoms with Crippen LogP contribution in [0.15, 0.2) is 36.5 Å². The van der Waals surface area contributed by atoms with Gasteiger partial charge in [0.05, 0.1) is 5.41 Å². The average molecular weight is 270 g/mol. The Morgan fingerprint density at radius 3 is 2.30 bits per heavy atom. The number of hydrogen-bond donors (Lipinski definition) is 0. The molecule has 0 fully saturated rings. The molecule has 1 aliphatic rings. The lowest BCUT2D eigenvalue weighted by Crippen LogP contribution is -2.58. The molecule has 0 amide bonds. The van der Waals surface area contributed by atoms with E-state index in [1.807, 2.05) is 0 Å². The van der Waals surface area contributed by atoms with Crippen LogP contribution in [0.25, 0.3) is 0 Å². The van der Waals surface area contributed by atoms with Crippen LogP contribution in [-0.4, -0.2) is 15.8 Å². The van der Waals surface area contributed by atoms with Gasteiger partial charge in [0.2, 0.25) is 0 Å². The molecule has 0 radical (unpaired) electrons. The number of benzene rings is 1. The van der Waals surface area contributed by atoms with E-state index in [-0.39, 0.29) is 11.0 Å². The van der Waals surface area contributed by atoms with Crippen LogP contribution in [0.2, 0.25) is 0 Å². The summed E-state index contributed by atoms with van der Waals surface area (Å²) >= 11 is 0. The molecule has 0 bridgehead atoms. The highest BCUT2D eigenvalue weighted by Crippen LogP contribution is 2.47. The molecule has 2 rings (SSSR count). The standard InChI is InChI=1S/C19H28N/c1-7-14-20-15(4)16-12-10-11-13-17(16)18(5,8-2)19(20,6)9-3/h7,10-14H,8-9H2,1-6H3/q+1. The van der Waals surface area contributed by atoms with Crippen LogP contribution in [-0.2, 0) is 5.41 Å². The topological polar surface area (TPSA) is 3.01 Å². The minimum atomic E-state index is 0.118. The molecule has 0 N–H and O–H groups in total. The number of fused-ring (bicyclic) bond motifs is 1. The van der Waals surface area contributed by atoms with Gasteiger partial charge in [0.15, 0.2) is 17.5 Å². The molecule has 0 aliphatic carbocycles. The molecule has 2 atom stereocenters. The van der Waals surface area contributed by atoms with Crippen molar-refractivity contribution in [3.63, 3.8) is 0 Å². The van der Waals surface area contributed by atoms with Gasteiger partial charge in [-0.1, -0.05) is 32.0 Å². The Kier molecular flexibility index (Phi) is 3.90. The van der Waals surface area contributed by atoms with Crippen LogP contribution in [0.4, 0.5) is 0 Å². The first-order chi connectivity index (χ1) is 9.46. The van der Waals surface area contributed by atoms with E-state index in [1.165, 1.54) is 16.8 Å². The quantitative estimate of drug-likeness (QED) is 0.688. The van der Waals surface area contributed by atoms with Crippen molar-refractivity contribution >= 4 is 5.71 Å². The van der Waals surface area contributed by atoms with Crippen LogP contribution < -0.4 is 0 Å². The maximum Gasteiger partial charge on any atom is 0.186 e. The summed E-state index contributed by atoms with van der Waals surface area (Å²) in [6, 6.07) is 8.93. The van der Waals surface area contributed by atoms with Crippen molar-refractivity contribution in [2.24, 2.45) is 0 Å². The SMILES string of the molecule is CC=C[N+]1=C(C)c2ccccc2C(C)(CC)C1(C)CC. The fraction of sp³-hybridized carbons (Fsp3) is 0.526. The Morgan fingerprint density at radius 1 is 1.10 bits per heavy atom. The van der Waals surface area contributed by atoms with Gasteiger partial charge in [0.25, 0.3) is 0 Å². The summed E-state index contributed by atoms with van der Waals surface area (Å²) in [5, 5.41) is 0. The minimum absolute atomic E-state index is 0.118. The van der Waals surface area contributed by atoms with Gasteiger partial charge in [0.1, 0.15) is 0 Å². The normalized spacial score (nSPS) is 29.9. The molecule has 20 heavy (non-hydrogen) atoms. The van der Waals surface area contributed by atoms with E-state index in [0.717, 1.165) is 12.8 Å². The number of rotatable bonds is 3. The van der Waals surface area contributed by atoms with Crippen molar-refractivity contribution in [2.45, 2.75) is 65.3 Å². The Labute approximate surface area is 124 Å². The number of hydrogen-bond acceptors (Lipinski definition) is 0. The van der Waals surface area contributed by atoms with E-state index < -0.39 is 0 Å². The van der Waals surface area contributed by atoms with Gasteiger partial charge in [-0.15, -0.1) is 0 Å². The zero-order valence-corrected chi connectivity index (χ0v) is 13.8. The second-order valence-electron chi connectivity index (χ2n) is 6.30. The molecular weight excluding hydrogens is 242 g/mol. The van der Waals surface area contributed by atoms with Gasteiger partial charge in [-0.05, 0) is 38.0 Å². The number of allylic oxidation sites excluding steroid dienone is 1. The molecule has 0 spiro atoms. The molecule has 1 aromatic rings. The summed E-state index contributed by atoms with van der Waals surface area (Å²) < 4.78 is 2.50. The molecule has 0 saturated carbocycles. The average Bonchev–Trinajstić information content (AvgIpc) is 2.49. The first-order valence-corrected chi connectivity index (χ1v) is 7.81. The van der Waals surface area contributed by atoms with Gasteiger partial charge >= 0.3 is 0 Å². The largest absolute Gasteiger partial charge is 0.197 e. The zero-order chi connectivity index (χ0) is 15.0. The van der Waals surface area contributed by atoms with Crippen molar-refractivity contribution in [1.29, 1.82) is 0 Å². The van der Waals surface area contributed by atoms with Crippen molar-refractivity contribution < 1.29 is 4.58 Å². The second kappa shape index (κ2) is 5.20. The number of nitrogens with zero attached hydrogens (tertiary/aromatic N) is 1. The third kappa shape index (κ3) is 1.79. The summed E-state index contributed by atoms with van der Waals surface area (Å²) in [5.74, 6) is 0. The van der Waals surface area contributed by atoms with Crippen LogP contribution in [0.3, 0.4) is 0 Å². The maximum atomic E-state index is 2.50. The first kappa shape index (κ1) is 15.0. The Balaban J connectivity index is 2.86. The summed E-state index contributed by atoms with van der Waals surface area (Å²) in [6.45, 7) is 13.8. The van der Waals surface area contributed by atoms with Gasteiger partial charge in [-0.2, -0.15) is 4.58 Å². The molecular formula is C19H28N+. The molecule has 108 valence electrons. The van der Waals surface area contributed by atoms with E-state index in [0.29, 0.717) is 0 Å². The summed E-state index contributed by atoms with van der Waals surface area (Å²) in [5.41, 5.74) is 4.56. The highest BCUT2D eigenvalue weighted by Gasteiger charge is 2.55. The predicted octanol–water partition coefficient (Wildman–Crippen LogP) is 4.89. The lowest BCUT2D eigenvalue weighted by atomic mass is 9.61. The molecule has 1 aromatic carbocycles. The highest BCUT2D eigenvalue weighted by molar-refractivity contribution is 5.97. The van der Waals surface area contributed by atoms with E-state index in [4.69, 9.17) is 0 Å². The van der Waals surface area contributed by atoms with E-state index >= 15 is 0 Å².